The van der Waals surface area contributed by atoms with Gasteiger partial charge < -0.3 is 19.9 Å². The highest BCUT2D eigenvalue weighted by Gasteiger charge is 2.15. The van der Waals surface area contributed by atoms with Crippen LogP contribution in [0.1, 0.15) is 22.3 Å². The number of thiocarbonyl (C=S) groups is 1. The van der Waals surface area contributed by atoms with Gasteiger partial charge in [0, 0.05) is 23.3 Å². The van der Waals surface area contributed by atoms with Crippen molar-refractivity contribution in [3.8, 4) is 5.75 Å². The number of methoxy groups -OCH3 is 1. The van der Waals surface area contributed by atoms with Crippen LogP contribution in [0.3, 0.4) is 0 Å². The fourth-order valence-electron chi connectivity index (χ4n) is 3.96. The van der Waals surface area contributed by atoms with Crippen molar-refractivity contribution >= 4 is 33.9 Å². The molecule has 1 aromatic heterocycles. The van der Waals surface area contributed by atoms with Crippen LogP contribution in [0.15, 0.2) is 77.6 Å². The van der Waals surface area contributed by atoms with Crippen molar-refractivity contribution < 1.29 is 4.74 Å². The number of hydrogen-bond donors (Lipinski definition) is 2. The molecule has 4 aromatic rings. The molecule has 5 nitrogen and oxygen atoms in total. The Morgan fingerprint density at radius 1 is 1.00 bits per heavy atom. The molecule has 0 aliphatic carbocycles. The number of ether oxygens (including phenoxy) is 1. The lowest BCUT2D eigenvalue weighted by atomic mass is 10.1. The number of fused-ring (bicyclic) bond motifs is 1. The maximum atomic E-state index is 12.9. The molecule has 4 rings (SSSR count). The first-order valence-corrected chi connectivity index (χ1v) is 11.7. The first-order chi connectivity index (χ1) is 16.4. The van der Waals surface area contributed by atoms with E-state index in [0.717, 1.165) is 34.3 Å². The summed E-state index contributed by atoms with van der Waals surface area (Å²) in [5, 5.41) is 4.90. The van der Waals surface area contributed by atoms with Gasteiger partial charge in [-0.15, -0.1) is 0 Å². The van der Waals surface area contributed by atoms with Crippen LogP contribution in [0.4, 0.5) is 5.69 Å². The molecule has 2 N–H and O–H groups in total. The second-order valence-corrected chi connectivity index (χ2v) is 8.86. The SMILES string of the molecule is COc1ccc(NC(=S)N(CCc2ccccc2C)Cc2cc3ccc(C)cc3[nH]c2=O)cc1. The third-order valence-corrected chi connectivity index (χ3v) is 6.34. The largest absolute Gasteiger partial charge is 0.497 e. The molecular formula is C28H29N3O2S. The third-order valence-electron chi connectivity index (χ3n) is 5.98. The predicted octanol–water partition coefficient (Wildman–Crippen LogP) is 5.60. The summed E-state index contributed by atoms with van der Waals surface area (Å²) < 4.78 is 5.25. The Balaban J connectivity index is 1.59. The van der Waals surface area contributed by atoms with Gasteiger partial charge in [-0.3, -0.25) is 4.79 Å². The van der Waals surface area contributed by atoms with E-state index in [2.05, 4.69) is 46.4 Å². The van der Waals surface area contributed by atoms with Crippen LogP contribution in [-0.2, 0) is 13.0 Å². The van der Waals surface area contributed by atoms with E-state index in [1.165, 1.54) is 11.1 Å². The number of nitrogens with one attached hydrogen (secondary N) is 2. The highest BCUT2D eigenvalue weighted by Crippen LogP contribution is 2.18. The summed E-state index contributed by atoms with van der Waals surface area (Å²) in [6, 6.07) is 24.0. The summed E-state index contributed by atoms with van der Waals surface area (Å²) >= 11 is 5.79. The Bertz CT molecular complexity index is 1360. The molecule has 0 spiro atoms. The molecule has 0 amide bonds. The number of pyridine rings is 1. The minimum absolute atomic E-state index is 0.0914. The molecule has 174 valence electrons. The molecule has 34 heavy (non-hydrogen) atoms. The van der Waals surface area contributed by atoms with Crippen LogP contribution in [-0.4, -0.2) is 28.7 Å². The van der Waals surface area contributed by atoms with Crippen molar-refractivity contribution in [3.63, 3.8) is 0 Å². The monoisotopic (exact) mass is 471 g/mol. The number of anilines is 1. The predicted molar refractivity (Wildman–Crippen MR) is 144 cm³/mol. The number of aryl methyl sites for hydroxylation is 2. The number of aromatic amines is 1. The number of nitrogens with zero attached hydrogens (tertiary/aromatic N) is 1. The summed E-state index contributed by atoms with van der Waals surface area (Å²) in [4.78, 5) is 18.0. The zero-order valence-corrected chi connectivity index (χ0v) is 20.5. The van der Waals surface area contributed by atoms with Gasteiger partial charge in [-0.2, -0.15) is 0 Å². The van der Waals surface area contributed by atoms with E-state index in [0.29, 0.717) is 23.8 Å². The lowest BCUT2D eigenvalue weighted by molar-refractivity contribution is 0.414. The quantitative estimate of drug-likeness (QED) is 0.344. The van der Waals surface area contributed by atoms with Crippen LogP contribution in [0.25, 0.3) is 10.9 Å². The normalized spacial score (nSPS) is 10.8. The zero-order chi connectivity index (χ0) is 24.1. The second-order valence-electron chi connectivity index (χ2n) is 8.47. The molecule has 0 fully saturated rings. The lowest BCUT2D eigenvalue weighted by Crippen LogP contribution is -2.37. The topological polar surface area (TPSA) is 57.4 Å². The van der Waals surface area contributed by atoms with Crippen molar-refractivity contribution in [2.45, 2.75) is 26.8 Å². The average molecular weight is 472 g/mol. The van der Waals surface area contributed by atoms with E-state index in [1.807, 2.05) is 55.5 Å². The van der Waals surface area contributed by atoms with Crippen LogP contribution in [0.5, 0.6) is 5.75 Å². The van der Waals surface area contributed by atoms with Crippen molar-refractivity contribution in [3.05, 3.63) is 105 Å². The van der Waals surface area contributed by atoms with Gasteiger partial charge in [-0.25, -0.2) is 0 Å². The van der Waals surface area contributed by atoms with E-state index in [-0.39, 0.29) is 5.56 Å². The highest BCUT2D eigenvalue weighted by atomic mass is 32.1. The Labute approximate surface area is 205 Å². The molecule has 0 aliphatic rings. The molecule has 6 heteroatoms. The number of hydrogen-bond acceptors (Lipinski definition) is 3. The Kier molecular flexibility index (Phi) is 7.28. The van der Waals surface area contributed by atoms with Gasteiger partial charge in [-0.1, -0.05) is 36.4 Å². The maximum absolute atomic E-state index is 12.9. The Morgan fingerprint density at radius 3 is 2.50 bits per heavy atom. The summed E-state index contributed by atoms with van der Waals surface area (Å²) in [5.74, 6) is 0.783. The molecule has 0 radical (unpaired) electrons. The lowest BCUT2D eigenvalue weighted by Gasteiger charge is -2.26. The van der Waals surface area contributed by atoms with Crippen molar-refractivity contribution in [1.82, 2.24) is 9.88 Å². The van der Waals surface area contributed by atoms with Gasteiger partial charge in [-0.05, 0) is 91.0 Å². The van der Waals surface area contributed by atoms with Gasteiger partial charge in [0.2, 0.25) is 0 Å². The van der Waals surface area contributed by atoms with Crippen LogP contribution in [0, 0.1) is 13.8 Å². The fourth-order valence-corrected chi connectivity index (χ4v) is 4.23. The highest BCUT2D eigenvalue weighted by molar-refractivity contribution is 7.80. The molecule has 0 aliphatic heterocycles. The van der Waals surface area contributed by atoms with Crippen molar-refractivity contribution in [2.24, 2.45) is 0 Å². The Morgan fingerprint density at radius 2 is 1.76 bits per heavy atom. The van der Waals surface area contributed by atoms with Crippen LogP contribution in [0.2, 0.25) is 0 Å². The molecule has 0 bridgehead atoms. The first-order valence-electron chi connectivity index (χ1n) is 11.3. The third kappa shape index (κ3) is 5.64. The molecule has 0 atom stereocenters. The van der Waals surface area contributed by atoms with Crippen LogP contribution < -0.4 is 15.6 Å². The second kappa shape index (κ2) is 10.5. The molecule has 0 saturated carbocycles. The van der Waals surface area contributed by atoms with E-state index in [9.17, 15) is 4.79 Å². The summed E-state index contributed by atoms with van der Waals surface area (Å²) in [6.07, 6.45) is 0.821. The summed E-state index contributed by atoms with van der Waals surface area (Å²) in [6.45, 7) is 5.22. The minimum Gasteiger partial charge on any atom is -0.497 e. The smallest absolute Gasteiger partial charge is 0.253 e. The average Bonchev–Trinajstić information content (AvgIpc) is 2.83. The number of rotatable bonds is 7. The molecule has 0 unspecified atom stereocenters. The van der Waals surface area contributed by atoms with Gasteiger partial charge >= 0.3 is 0 Å². The molecular weight excluding hydrogens is 442 g/mol. The maximum Gasteiger partial charge on any atom is 0.253 e. The summed E-state index contributed by atoms with van der Waals surface area (Å²) in [7, 11) is 1.64. The molecule has 3 aromatic carbocycles. The first kappa shape index (κ1) is 23.5. The van der Waals surface area contributed by atoms with Gasteiger partial charge in [0.15, 0.2) is 5.11 Å². The van der Waals surface area contributed by atoms with Crippen molar-refractivity contribution in [2.75, 3.05) is 19.0 Å². The van der Waals surface area contributed by atoms with Gasteiger partial charge in [0.25, 0.3) is 5.56 Å². The van der Waals surface area contributed by atoms with E-state index in [1.54, 1.807) is 7.11 Å². The number of benzene rings is 3. The van der Waals surface area contributed by atoms with E-state index >= 15 is 0 Å². The number of H-pyrrole nitrogens is 1. The summed E-state index contributed by atoms with van der Waals surface area (Å²) in [5.41, 5.74) is 5.93. The number of aromatic nitrogens is 1. The van der Waals surface area contributed by atoms with Crippen LogP contribution >= 0.6 is 12.2 Å². The standard InChI is InChI=1S/C28H29N3O2S/c1-19-8-9-22-17-23(27(32)30-26(22)16-19)18-31(15-14-21-7-5-4-6-20(21)2)28(34)29-24-10-12-25(33-3)13-11-24/h4-13,16-17H,14-15,18H2,1-3H3,(H,29,34)(H,30,32). The fraction of sp³-hybridized carbons (Fsp3) is 0.214. The van der Waals surface area contributed by atoms with Gasteiger partial charge in [0.1, 0.15) is 5.75 Å². The molecule has 0 saturated heterocycles. The Hall–Kier alpha value is -3.64. The van der Waals surface area contributed by atoms with E-state index < -0.39 is 0 Å². The van der Waals surface area contributed by atoms with Crippen molar-refractivity contribution in [1.29, 1.82) is 0 Å². The molecule has 1 heterocycles. The van der Waals surface area contributed by atoms with E-state index in [4.69, 9.17) is 17.0 Å². The minimum atomic E-state index is -0.0914. The van der Waals surface area contributed by atoms with Gasteiger partial charge in [0.05, 0.1) is 13.7 Å². The zero-order valence-electron chi connectivity index (χ0n) is 19.7.